The van der Waals surface area contributed by atoms with Gasteiger partial charge in [0.05, 0.1) is 35.7 Å². The summed E-state index contributed by atoms with van der Waals surface area (Å²) in [6, 6.07) is 8.27. The molecule has 44 heavy (non-hydrogen) atoms. The summed E-state index contributed by atoms with van der Waals surface area (Å²) < 4.78 is 51.1. The van der Waals surface area contributed by atoms with Gasteiger partial charge in [-0.2, -0.15) is 17.8 Å². The third kappa shape index (κ3) is 5.82. The van der Waals surface area contributed by atoms with Gasteiger partial charge in [0, 0.05) is 51.2 Å². The lowest BCUT2D eigenvalue weighted by atomic mass is 9.82. The van der Waals surface area contributed by atoms with Crippen LogP contribution in [0.1, 0.15) is 73.5 Å². The number of ether oxygens (including phenoxy) is 1. The topological polar surface area (TPSA) is 113 Å². The summed E-state index contributed by atoms with van der Waals surface area (Å²) in [6.45, 7) is 5.77. The van der Waals surface area contributed by atoms with Crippen molar-refractivity contribution < 1.29 is 22.3 Å². The van der Waals surface area contributed by atoms with Crippen LogP contribution in [0.15, 0.2) is 30.3 Å². The van der Waals surface area contributed by atoms with E-state index in [0.717, 1.165) is 108 Å². The zero-order valence-corrected chi connectivity index (χ0v) is 25.8. The molecule has 0 bridgehead atoms. The zero-order valence-electron chi connectivity index (χ0n) is 25.0. The molecular formula is C31H40FN7O4S. The van der Waals surface area contributed by atoms with Crippen LogP contribution in [0, 0.1) is 5.82 Å². The molecule has 2 aromatic heterocycles. The lowest BCUT2D eigenvalue weighted by molar-refractivity contribution is 0.0115. The fourth-order valence-corrected chi connectivity index (χ4v) is 8.18. The number of amides is 1. The summed E-state index contributed by atoms with van der Waals surface area (Å²) in [5.41, 5.74) is 2.91. The summed E-state index contributed by atoms with van der Waals surface area (Å²) in [4.78, 5) is 23.2. The molecule has 7 rings (SSSR count). The number of carbonyl (C=O) groups excluding carboxylic acids is 1. The van der Waals surface area contributed by atoms with Crippen LogP contribution in [0.2, 0.25) is 0 Å². The molecular weight excluding hydrogens is 585 g/mol. The molecule has 236 valence electrons. The molecule has 5 heterocycles. The molecule has 1 aromatic carbocycles. The quantitative estimate of drug-likeness (QED) is 0.424. The van der Waals surface area contributed by atoms with Gasteiger partial charge in [0.25, 0.3) is 5.91 Å². The number of pyridine rings is 1. The first-order valence-electron chi connectivity index (χ1n) is 16.0. The van der Waals surface area contributed by atoms with Gasteiger partial charge < -0.3 is 9.64 Å². The highest BCUT2D eigenvalue weighted by atomic mass is 32.2. The molecule has 4 aliphatic rings. The molecule has 3 aliphatic heterocycles. The van der Waals surface area contributed by atoms with E-state index in [-0.39, 0.29) is 17.4 Å². The van der Waals surface area contributed by atoms with E-state index in [1.54, 1.807) is 22.9 Å². The Balaban J connectivity index is 1.29. The van der Waals surface area contributed by atoms with Crippen molar-refractivity contribution in [2.75, 3.05) is 57.4 Å². The maximum absolute atomic E-state index is 13.9. The van der Waals surface area contributed by atoms with Crippen LogP contribution in [0.3, 0.4) is 0 Å². The van der Waals surface area contributed by atoms with Crippen LogP contribution >= 0.6 is 0 Å². The highest BCUT2D eigenvalue weighted by Crippen LogP contribution is 2.43. The van der Waals surface area contributed by atoms with Crippen LogP contribution in [0.5, 0.6) is 0 Å². The van der Waals surface area contributed by atoms with Crippen molar-refractivity contribution in [3.63, 3.8) is 0 Å². The van der Waals surface area contributed by atoms with Crippen LogP contribution in [-0.2, 0) is 14.9 Å². The fraction of sp³-hybridized carbons (Fsp3) is 0.581. The number of fused-ring (bicyclic) bond motifs is 1. The van der Waals surface area contributed by atoms with Gasteiger partial charge in [0.15, 0.2) is 5.65 Å². The Labute approximate surface area is 257 Å². The third-order valence-electron chi connectivity index (χ3n) is 9.68. The highest BCUT2D eigenvalue weighted by molar-refractivity contribution is 7.87. The number of hydrogen-bond acceptors (Lipinski definition) is 8. The van der Waals surface area contributed by atoms with Crippen molar-refractivity contribution in [2.45, 2.75) is 63.3 Å². The Bertz CT molecular complexity index is 1610. The Hall–Kier alpha value is -3.13. The minimum Gasteiger partial charge on any atom is -0.379 e. The molecule has 0 spiro atoms. The first-order chi connectivity index (χ1) is 21.4. The maximum atomic E-state index is 13.9. The number of piperidine rings is 2. The molecule has 11 nitrogen and oxygen atoms in total. The van der Waals surface area contributed by atoms with Gasteiger partial charge in [0.2, 0.25) is 0 Å². The number of carbonyl (C=O) groups is 1. The number of morpholine rings is 1. The average Bonchev–Trinajstić information content (AvgIpc) is 3.40. The number of nitrogens with one attached hydrogen (secondary N) is 1. The Morgan fingerprint density at radius 1 is 0.909 bits per heavy atom. The Kier molecular flexibility index (Phi) is 8.29. The third-order valence-corrected chi connectivity index (χ3v) is 11.2. The van der Waals surface area contributed by atoms with Gasteiger partial charge in [-0.25, -0.2) is 18.8 Å². The second-order valence-corrected chi connectivity index (χ2v) is 14.1. The molecule has 0 radical (unpaired) electrons. The number of benzene rings is 1. The van der Waals surface area contributed by atoms with Crippen molar-refractivity contribution in [2.24, 2.45) is 0 Å². The fourth-order valence-electron chi connectivity index (χ4n) is 6.97. The molecule has 1 N–H and O–H groups in total. The first-order valence-corrected chi connectivity index (χ1v) is 17.4. The van der Waals surface area contributed by atoms with Crippen molar-refractivity contribution in [3.8, 4) is 5.69 Å². The molecule has 0 unspecified atom stereocenters. The van der Waals surface area contributed by atoms with E-state index in [1.807, 2.05) is 0 Å². The van der Waals surface area contributed by atoms with Gasteiger partial charge in [-0.1, -0.05) is 12.8 Å². The largest absolute Gasteiger partial charge is 0.379 e. The zero-order chi connectivity index (χ0) is 30.3. The standard InChI is InChI=1S/C31H40FN7O4S/c32-23-7-9-25(10-8-23)39-30-28(29(34-39)22-5-4-6-22)27(37-15-11-24(12-16-37)36-17-19-43-20-18-36)21-26(33-30)31(40)35-44(41,42)38-13-2-1-3-14-38/h7-10,21-22,24H,1-6,11-20H2,(H,35,40). The van der Waals surface area contributed by atoms with Gasteiger partial charge in [0.1, 0.15) is 11.5 Å². The molecule has 3 aromatic rings. The SMILES string of the molecule is O=C(NS(=O)(=O)N1CCCCC1)c1cc(N2CCC(N3CCOCC3)CC2)c2c(C3CCC3)nn(-c3ccc(F)cc3)c2n1. The first kappa shape index (κ1) is 29.6. The summed E-state index contributed by atoms with van der Waals surface area (Å²) in [5, 5.41) is 5.92. The lowest BCUT2D eigenvalue weighted by Crippen LogP contribution is -2.49. The molecule has 0 atom stereocenters. The highest BCUT2D eigenvalue weighted by Gasteiger charge is 2.34. The predicted molar refractivity (Wildman–Crippen MR) is 165 cm³/mol. The van der Waals surface area contributed by atoms with Gasteiger partial charge in [-0.3, -0.25) is 9.69 Å². The summed E-state index contributed by atoms with van der Waals surface area (Å²) >= 11 is 0. The molecule has 1 saturated carbocycles. The Morgan fingerprint density at radius 3 is 2.27 bits per heavy atom. The van der Waals surface area contributed by atoms with Gasteiger partial charge >= 0.3 is 10.2 Å². The molecule has 1 aliphatic carbocycles. The predicted octanol–water partition coefficient (Wildman–Crippen LogP) is 3.59. The molecule has 13 heteroatoms. The lowest BCUT2D eigenvalue weighted by Gasteiger charge is -2.41. The number of hydrogen-bond donors (Lipinski definition) is 1. The van der Waals surface area contributed by atoms with E-state index in [9.17, 15) is 17.6 Å². The van der Waals surface area contributed by atoms with Crippen LogP contribution in [0.4, 0.5) is 10.1 Å². The summed E-state index contributed by atoms with van der Waals surface area (Å²) in [5.74, 6) is -0.854. The molecule has 4 fully saturated rings. The second kappa shape index (κ2) is 12.3. The number of rotatable bonds is 7. The monoisotopic (exact) mass is 625 g/mol. The number of anilines is 1. The molecule has 1 amide bonds. The van der Waals surface area contributed by atoms with Crippen molar-refractivity contribution in [3.05, 3.63) is 47.5 Å². The normalized spacial score (nSPS) is 21.4. The number of halogens is 1. The maximum Gasteiger partial charge on any atom is 0.304 e. The smallest absolute Gasteiger partial charge is 0.304 e. The molecule has 3 saturated heterocycles. The van der Waals surface area contributed by atoms with E-state index in [2.05, 4.69) is 14.5 Å². The van der Waals surface area contributed by atoms with Crippen molar-refractivity contribution >= 4 is 32.8 Å². The van der Waals surface area contributed by atoms with E-state index < -0.39 is 16.1 Å². The van der Waals surface area contributed by atoms with E-state index >= 15 is 0 Å². The number of nitrogens with zero attached hydrogens (tertiary/aromatic N) is 6. The average molecular weight is 626 g/mol. The van der Waals surface area contributed by atoms with Crippen LogP contribution in [0.25, 0.3) is 16.7 Å². The second-order valence-electron chi connectivity index (χ2n) is 12.4. The van der Waals surface area contributed by atoms with Gasteiger partial charge in [-0.15, -0.1) is 0 Å². The van der Waals surface area contributed by atoms with E-state index in [1.165, 1.54) is 16.4 Å². The minimum absolute atomic E-state index is 0.0202. The summed E-state index contributed by atoms with van der Waals surface area (Å²) in [6.07, 6.45) is 7.61. The minimum atomic E-state index is -4.01. The number of aromatic nitrogens is 3. The van der Waals surface area contributed by atoms with Crippen LogP contribution < -0.4 is 9.62 Å². The van der Waals surface area contributed by atoms with E-state index in [0.29, 0.717) is 30.5 Å². The van der Waals surface area contributed by atoms with Crippen molar-refractivity contribution in [1.82, 2.24) is 28.7 Å². The van der Waals surface area contributed by atoms with E-state index in [4.69, 9.17) is 14.8 Å². The summed E-state index contributed by atoms with van der Waals surface area (Å²) in [7, 11) is -4.01. The Morgan fingerprint density at radius 2 is 1.61 bits per heavy atom. The van der Waals surface area contributed by atoms with Crippen LogP contribution in [-0.4, -0.2) is 96.8 Å². The van der Waals surface area contributed by atoms with Crippen molar-refractivity contribution in [1.29, 1.82) is 0 Å². The van der Waals surface area contributed by atoms with Gasteiger partial charge in [-0.05, 0) is 68.9 Å².